The Bertz CT molecular complexity index is 384. The average Bonchev–Trinajstić information content (AvgIpc) is 2.22. The summed E-state index contributed by atoms with van der Waals surface area (Å²) in [6.07, 6.45) is -6.37. The van der Waals surface area contributed by atoms with Gasteiger partial charge in [-0.15, -0.1) is 0 Å². The number of halogens is 3. The molecule has 1 atom stereocenters. The molecule has 0 aromatic carbocycles. The van der Waals surface area contributed by atoms with Crippen molar-refractivity contribution < 1.29 is 36.3 Å². The van der Waals surface area contributed by atoms with Gasteiger partial charge in [0.15, 0.2) is 0 Å². The van der Waals surface area contributed by atoms with E-state index in [0.29, 0.717) is 0 Å². The van der Waals surface area contributed by atoms with Crippen molar-refractivity contribution >= 4 is 13.7 Å². The first-order chi connectivity index (χ1) is 9.35. The normalized spacial score (nSPS) is 14.7. The SMILES string of the molecule is CCOP(=O)(OCC)C(NC(=O)OC(C)(C)C)C(F)(F)F. The van der Waals surface area contributed by atoms with Crippen LogP contribution >= 0.6 is 7.60 Å². The smallest absolute Gasteiger partial charge is 0.420 e. The van der Waals surface area contributed by atoms with Gasteiger partial charge < -0.3 is 13.8 Å². The van der Waals surface area contributed by atoms with Gasteiger partial charge in [0.05, 0.1) is 13.2 Å². The lowest BCUT2D eigenvalue weighted by molar-refractivity contribution is -0.141. The minimum atomic E-state index is -5.02. The molecule has 0 fully saturated rings. The van der Waals surface area contributed by atoms with E-state index in [2.05, 4.69) is 9.05 Å². The molecule has 0 rings (SSSR count). The van der Waals surface area contributed by atoms with Crippen molar-refractivity contribution in [2.45, 2.75) is 52.2 Å². The van der Waals surface area contributed by atoms with Gasteiger partial charge in [-0.05, 0) is 34.6 Å². The largest absolute Gasteiger partial charge is 0.444 e. The summed E-state index contributed by atoms with van der Waals surface area (Å²) in [5.41, 5.74) is -0.999. The Morgan fingerprint density at radius 1 is 1.14 bits per heavy atom. The number of amides is 1. The maximum absolute atomic E-state index is 13.1. The van der Waals surface area contributed by atoms with Crippen molar-refractivity contribution in [3.8, 4) is 0 Å². The zero-order chi connectivity index (χ0) is 16.9. The van der Waals surface area contributed by atoms with E-state index in [4.69, 9.17) is 4.74 Å². The molecule has 21 heavy (non-hydrogen) atoms. The Balaban J connectivity index is 5.30. The molecule has 0 aromatic rings. The topological polar surface area (TPSA) is 73.9 Å². The van der Waals surface area contributed by atoms with Crippen LogP contribution in [-0.2, 0) is 18.3 Å². The number of carbonyl (C=O) groups excluding carboxylic acids is 1. The van der Waals surface area contributed by atoms with E-state index in [1.54, 1.807) is 0 Å². The number of carbonyl (C=O) groups is 1. The highest BCUT2D eigenvalue weighted by atomic mass is 31.2. The molecular weight excluding hydrogens is 314 g/mol. The van der Waals surface area contributed by atoms with Crippen LogP contribution in [0.5, 0.6) is 0 Å². The van der Waals surface area contributed by atoms with Crippen LogP contribution in [-0.4, -0.2) is 36.9 Å². The van der Waals surface area contributed by atoms with Crippen LogP contribution in [0.1, 0.15) is 34.6 Å². The van der Waals surface area contributed by atoms with Gasteiger partial charge in [0, 0.05) is 0 Å². The Morgan fingerprint density at radius 2 is 1.57 bits per heavy atom. The molecule has 1 N–H and O–H groups in total. The van der Waals surface area contributed by atoms with Crippen molar-refractivity contribution in [3.05, 3.63) is 0 Å². The van der Waals surface area contributed by atoms with Gasteiger partial charge in [-0.2, -0.15) is 13.2 Å². The third-order valence-electron chi connectivity index (χ3n) is 1.90. The zero-order valence-corrected chi connectivity index (χ0v) is 13.5. The first-order valence-corrected chi connectivity index (χ1v) is 7.92. The molecule has 6 nitrogen and oxygen atoms in total. The predicted molar refractivity (Wildman–Crippen MR) is 70.1 cm³/mol. The maximum atomic E-state index is 13.1. The molecule has 0 aliphatic heterocycles. The molecule has 0 radical (unpaired) electrons. The molecule has 0 saturated carbocycles. The third kappa shape index (κ3) is 7.15. The van der Waals surface area contributed by atoms with Crippen LogP contribution in [0.3, 0.4) is 0 Å². The van der Waals surface area contributed by atoms with Crippen molar-refractivity contribution in [2.75, 3.05) is 13.2 Å². The summed E-state index contributed by atoms with van der Waals surface area (Å²) in [5, 5.41) is 1.52. The summed E-state index contributed by atoms with van der Waals surface area (Å²) in [6, 6.07) is 0. The number of nitrogens with one attached hydrogen (secondary N) is 1. The number of alkyl carbamates (subject to hydrolysis) is 1. The molecular formula is C11H21F3NO5P. The molecule has 1 unspecified atom stereocenters. The minimum Gasteiger partial charge on any atom is -0.444 e. The predicted octanol–water partition coefficient (Wildman–Crippen LogP) is 3.67. The van der Waals surface area contributed by atoms with E-state index in [9.17, 15) is 22.5 Å². The van der Waals surface area contributed by atoms with Crippen molar-refractivity contribution in [1.82, 2.24) is 5.32 Å². The first kappa shape index (κ1) is 20.2. The van der Waals surface area contributed by atoms with E-state index in [-0.39, 0.29) is 13.2 Å². The molecule has 126 valence electrons. The number of ether oxygens (including phenoxy) is 1. The second-order valence-electron chi connectivity index (χ2n) is 4.97. The summed E-state index contributed by atoms with van der Waals surface area (Å²) in [4.78, 5) is 11.5. The summed E-state index contributed by atoms with van der Waals surface area (Å²) in [7, 11) is -4.61. The van der Waals surface area contributed by atoms with Crippen LogP contribution in [0.25, 0.3) is 0 Å². The number of rotatable bonds is 6. The van der Waals surface area contributed by atoms with E-state index in [1.807, 2.05) is 0 Å². The van der Waals surface area contributed by atoms with Crippen molar-refractivity contribution in [1.29, 1.82) is 0 Å². The summed E-state index contributed by atoms with van der Waals surface area (Å²) < 4.78 is 65.4. The van der Waals surface area contributed by atoms with Gasteiger partial charge in [0.2, 0.25) is 5.78 Å². The molecule has 0 aromatic heterocycles. The van der Waals surface area contributed by atoms with Crippen LogP contribution in [0.2, 0.25) is 0 Å². The van der Waals surface area contributed by atoms with Gasteiger partial charge in [-0.1, -0.05) is 0 Å². The van der Waals surface area contributed by atoms with Gasteiger partial charge in [0.25, 0.3) is 0 Å². The lowest BCUT2D eigenvalue weighted by atomic mass is 10.2. The molecule has 0 aliphatic rings. The van der Waals surface area contributed by atoms with Crippen molar-refractivity contribution in [3.63, 3.8) is 0 Å². The monoisotopic (exact) mass is 335 g/mol. The first-order valence-electron chi connectivity index (χ1n) is 6.30. The van der Waals surface area contributed by atoms with Crippen LogP contribution in [0.4, 0.5) is 18.0 Å². The van der Waals surface area contributed by atoms with E-state index >= 15 is 0 Å². The maximum Gasteiger partial charge on any atom is 0.420 e. The lowest BCUT2D eigenvalue weighted by Gasteiger charge is -2.29. The Labute approximate surface area is 121 Å². The third-order valence-corrected chi connectivity index (χ3v) is 4.19. The second-order valence-corrected chi connectivity index (χ2v) is 7.08. The fourth-order valence-corrected chi connectivity index (χ4v) is 3.02. The number of hydrogen-bond donors (Lipinski definition) is 1. The summed E-state index contributed by atoms with van der Waals surface area (Å²) in [5.74, 6) is -2.79. The minimum absolute atomic E-state index is 0.264. The Hall–Kier alpha value is -0.790. The second kappa shape index (κ2) is 7.47. The standard InChI is InChI=1S/C11H21F3NO5P/c1-6-18-21(17,19-7-2)8(11(12,13)14)15-9(16)20-10(3,4)5/h8H,6-7H2,1-5H3,(H,15,16). The summed E-state index contributed by atoms with van der Waals surface area (Å²) in [6.45, 7) is 6.67. The fourth-order valence-electron chi connectivity index (χ4n) is 1.31. The quantitative estimate of drug-likeness (QED) is 0.750. The molecule has 0 bridgehead atoms. The van der Waals surface area contributed by atoms with E-state index in [0.717, 1.165) is 0 Å². The molecule has 1 amide bonds. The highest BCUT2D eigenvalue weighted by Gasteiger charge is 2.55. The summed E-state index contributed by atoms with van der Waals surface area (Å²) >= 11 is 0. The average molecular weight is 335 g/mol. The van der Waals surface area contributed by atoms with Crippen LogP contribution in [0.15, 0.2) is 0 Å². The van der Waals surface area contributed by atoms with Gasteiger partial charge in [-0.25, -0.2) is 4.79 Å². The lowest BCUT2D eigenvalue weighted by Crippen LogP contribution is -2.47. The van der Waals surface area contributed by atoms with E-state index < -0.39 is 31.2 Å². The van der Waals surface area contributed by atoms with Crippen LogP contribution < -0.4 is 5.32 Å². The van der Waals surface area contributed by atoms with Crippen molar-refractivity contribution in [2.24, 2.45) is 0 Å². The molecule has 0 heterocycles. The highest BCUT2D eigenvalue weighted by molar-refractivity contribution is 7.54. The highest BCUT2D eigenvalue weighted by Crippen LogP contribution is 2.56. The number of alkyl halides is 3. The molecule has 0 saturated heterocycles. The van der Waals surface area contributed by atoms with Crippen LogP contribution in [0, 0.1) is 0 Å². The molecule has 10 heteroatoms. The Kier molecular flexibility index (Phi) is 7.19. The van der Waals surface area contributed by atoms with E-state index in [1.165, 1.54) is 39.9 Å². The zero-order valence-electron chi connectivity index (χ0n) is 12.6. The van der Waals surface area contributed by atoms with Gasteiger partial charge >= 0.3 is 19.9 Å². The Morgan fingerprint density at radius 3 is 1.86 bits per heavy atom. The molecule has 0 spiro atoms. The van der Waals surface area contributed by atoms with Gasteiger partial charge in [-0.3, -0.25) is 9.88 Å². The number of hydrogen-bond acceptors (Lipinski definition) is 5. The molecule has 0 aliphatic carbocycles. The van der Waals surface area contributed by atoms with Gasteiger partial charge in [0.1, 0.15) is 5.60 Å². The fraction of sp³-hybridized carbons (Fsp3) is 0.909.